The third-order valence-corrected chi connectivity index (χ3v) is 6.16. The van der Waals surface area contributed by atoms with Gasteiger partial charge in [-0.3, -0.25) is 9.67 Å². The van der Waals surface area contributed by atoms with Crippen LogP contribution >= 0.6 is 24.0 Å². The molecule has 3 heterocycles. The number of rotatable bonds is 5. The Morgan fingerprint density at radius 2 is 2.07 bits per heavy atom. The van der Waals surface area contributed by atoms with Gasteiger partial charge in [0.15, 0.2) is 5.96 Å². The number of aromatic nitrogens is 2. The molecule has 0 bridgehead atoms. The lowest BCUT2D eigenvalue weighted by Gasteiger charge is -2.24. The number of anilines is 1. The number of likely N-dealkylation sites (tertiary alicyclic amines) is 1. The summed E-state index contributed by atoms with van der Waals surface area (Å²) in [7, 11) is 5.61. The summed E-state index contributed by atoms with van der Waals surface area (Å²) >= 11 is 0. The van der Waals surface area contributed by atoms with Crippen LogP contribution < -0.4 is 15.0 Å². The molecule has 0 spiro atoms. The largest absolute Gasteiger partial charge is 0.495 e. The van der Waals surface area contributed by atoms with E-state index in [4.69, 9.17) is 4.74 Å². The molecule has 30 heavy (non-hydrogen) atoms. The first-order valence-corrected chi connectivity index (χ1v) is 10.5. The van der Waals surface area contributed by atoms with E-state index in [0.717, 1.165) is 50.9 Å². The van der Waals surface area contributed by atoms with Gasteiger partial charge in [-0.25, -0.2) is 0 Å². The van der Waals surface area contributed by atoms with Crippen molar-refractivity contribution in [2.24, 2.45) is 18.0 Å². The van der Waals surface area contributed by atoms with Crippen molar-refractivity contribution in [2.75, 3.05) is 51.8 Å². The summed E-state index contributed by atoms with van der Waals surface area (Å²) in [5.41, 5.74) is 2.52. The molecule has 1 N–H and O–H groups in total. The number of halogens is 1. The fourth-order valence-electron chi connectivity index (χ4n) is 4.55. The molecule has 164 valence electrons. The lowest BCUT2D eigenvalue weighted by Crippen LogP contribution is -2.42. The van der Waals surface area contributed by atoms with E-state index in [1.165, 1.54) is 17.7 Å². The molecule has 0 aliphatic carbocycles. The molecule has 7 nitrogen and oxygen atoms in total. The Morgan fingerprint density at radius 1 is 1.23 bits per heavy atom. The van der Waals surface area contributed by atoms with Crippen molar-refractivity contribution in [3.8, 4) is 5.75 Å². The van der Waals surface area contributed by atoms with E-state index in [9.17, 15) is 0 Å². The molecule has 2 aliphatic heterocycles. The molecule has 1 aromatic heterocycles. The molecule has 2 aliphatic rings. The molecule has 2 saturated heterocycles. The van der Waals surface area contributed by atoms with Crippen molar-refractivity contribution in [3.63, 3.8) is 0 Å². The van der Waals surface area contributed by atoms with E-state index in [0.29, 0.717) is 11.8 Å². The average Bonchev–Trinajstić information content (AvgIpc) is 3.49. The van der Waals surface area contributed by atoms with E-state index in [1.807, 2.05) is 37.1 Å². The van der Waals surface area contributed by atoms with E-state index in [2.05, 4.69) is 43.5 Å². The molecule has 2 aromatic rings. The Hall–Kier alpha value is -1.97. The molecule has 8 heteroatoms. The van der Waals surface area contributed by atoms with Crippen LogP contribution in [0.15, 0.2) is 41.7 Å². The van der Waals surface area contributed by atoms with E-state index in [-0.39, 0.29) is 24.0 Å². The van der Waals surface area contributed by atoms with Gasteiger partial charge in [-0.15, -0.1) is 24.0 Å². The van der Waals surface area contributed by atoms with Crippen LogP contribution in [-0.2, 0) is 7.05 Å². The van der Waals surface area contributed by atoms with Crippen molar-refractivity contribution in [1.82, 2.24) is 20.0 Å². The van der Waals surface area contributed by atoms with Gasteiger partial charge in [0.25, 0.3) is 0 Å². The highest BCUT2D eigenvalue weighted by atomic mass is 127. The summed E-state index contributed by atoms with van der Waals surface area (Å²) in [5.74, 6) is 3.12. The Kier molecular flexibility index (Phi) is 7.85. The number of nitrogens with one attached hydrogen (secondary N) is 1. The van der Waals surface area contributed by atoms with Crippen LogP contribution in [0.2, 0.25) is 0 Å². The number of ether oxygens (including phenoxy) is 1. The zero-order valence-corrected chi connectivity index (χ0v) is 20.5. The Labute approximate surface area is 196 Å². The van der Waals surface area contributed by atoms with Gasteiger partial charge < -0.3 is 19.9 Å². The average molecular weight is 524 g/mol. The first-order chi connectivity index (χ1) is 14.2. The number of aryl methyl sites for hydroxylation is 1. The summed E-state index contributed by atoms with van der Waals surface area (Å²) in [6.07, 6.45) is 6.46. The molecule has 0 saturated carbocycles. The van der Waals surface area contributed by atoms with Gasteiger partial charge in [-0.1, -0.05) is 12.1 Å². The highest BCUT2D eigenvalue weighted by Crippen LogP contribution is 2.32. The number of methoxy groups -OCH3 is 1. The minimum atomic E-state index is 0. The normalized spacial score (nSPS) is 21.6. The van der Waals surface area contributed by atoms with Crippen LogP contribution in [0.25, 0.3) is 0 Å². The second-order valence-electron chi connectivity index (χ2n) is 8.08. The molecule has 4 rings (SSSR count). The van der Waals surface area contributed by atoms with Gasteiger partial charge in [-0.2, -0.15) is 5.10 Å². The van der Waals surface area contributed by atoms with Crippen LogP contribution in [0.5, 0.6) is 5.75 Å². The van der Waals surface area contributed by atoms with Crippen molar-refractivity contribution >= 4 is 35.6 Å². The molecule has 2 atom stereocenters. The number of hydrogen-bond acceptors (Lipinski definition) is 4. The molecule has 1 aromatic carbocycles. The molecule has 0 amide bonds. The minimum absolute atomic E-state index is 0. The van der Waals surface area contributed by atoms with Crippen molar-refractivity contribution in [2.45, 2.75) is 18.8 Å². The zero-order chi connectivity index (χ0) is 20.2. The predicted octanol–water partition coefficient (Wildman–Crippen LogP) is 2.94. The Bertz CT molecular complexity index is 854. The van der Waals surface area contributed by atoms with Crippen molar-refractivity contribution < 1.29 is 4.74 Å². The third-order valence-electron chi connectivity index (χ3n) is 6.16. The highest BCUT2D eigenvalue weighted by Gasteiger charge is 2.28. The second-order valence-corrected chi connectivity index (χ2v) is 8.08. The van der Waals surface area contributed by atoms with E-state index >= 15 is 0 Å². The molecule has 2 fully saturated rings. The van der Waals surface area contributed by atoms with Crippen LogP contribution in [0.3, 0.4) is 0 Å². The number of hydrogen-bond donors (Lipinski definition) is 1. The molecule has 0 radical (unpaired) electrons. The number of aliphatic imine (C=N–C) groups is 1. The van der Waals surface area contributed by atoms with Crippen molar-refractivity contribution in [3.05, 3.63) is 42.2 Å². The topological polar surface area (TPSA) is 57.9 Å². The SMILES string of the molecule is CN=C(NCC1CCN(c2ccccc2OC)C1)N1CCC(c2cnn(C)c2)C1.I. The molecular formula is C22H33IN6O. The van der Waals surface area contributed by atoms with E-state index in [1.54, 1.807) is 7.11 Å². The van der Waals surface area contributed by atoms with Gasteiger partial charge in [0.05, 0.1) is 19.0 Å². The first kappa shape index (κ1) is 22.7. The second kappa shape index (κ2) is 10.4. The first-order valence-electron chi connectivity index (χ1n) is 10.5. The Morgan fingerprint density at radius 3 is 2.80 bits per heavy atom. The minimum Gasteiger partial charge on any atom is -0.495 e. The third kappa shape index (κ3) is 5.01. The number of nitrogens with zero attached hydrogens (tertiary/aromatic N) is 5. The van der Waals surface area contributed by atoms with Gasteiger partial charge in [0, 0.05) is 58.9 Å². The van der Waals surface area contributed by atoms with Gasteiger partial charge in [-0.05, 0) is 36.5 Å². The molecular weight excluding hydrogens is 491 g/mol. The molecule has 2 unspecified atom stereocenters. The number of guanidine groups is 1. The Balaban J connectivity index is 0.00000256. The summed E-state index contributed by atoms with van der Waals surface area (Å²) in [6.45, 7) is 5.10. The van der Waals surface area contributed by atoms with Crippen LogP contribution in [0, 0.1) is 5.92 Å². The van der Waals surface area contributed by atoms with Gasteiger partial charge in [0.1, 0.15) is 5.75 Å². The summed E-state index contributed by atoms with van der Waals surface area (Å²) in [4.78, 5) is 9.36. The highest BCUT2D eigenvalue weighted by molar-refractivity contribution is 14.0. The van der Waals surface area contributed by atoms with E-state index < -0.39 is 0 Å². The summed E-state index contributed by atoms with van der Waals surface area (Å²) < 4.78 is 7.42. The quantitative estimate of drug-likeness (QED) is 0.371. The monoisotopic (exact) mass is 524 g/mol. The van der Waals surface area contributed by atoms with Crippen molar-refractivity contribution in [1.29, 1.82) is 0 Å². The van der Waals surface area contributed by atoms with Crippen LogP contribution in [0.4, 0.5) is 5.69 Å². The standard InChI is InChI=1S/C22H32N6O.HI/c1-23-22(28-11-9-18(16-28)19-13-25-26(2)15-19)24-12-17-8-10-27(14-17)20-6-4-5-7-21(20)29-3;/h4-7,13,15,17-18H,8-12,14,16H2,1-3H3,(H,23,24);1H. The zero-order valence-electron chi connectivity index (χ0n) is 18.1. The maximum absolute atomic E-state index is 5.54. The van der Waals surface area contributed by atoms with Gasteiger partial charge in [0.2, 0.25) is 0 Å². The lowest BCUT2D eigenvalue weighted by atomic mass is 10.0. The summed E-state index contributed by atoms with van der Waals surface area (Å²) in [5, 5.41) is 7.95. The lowest BCUT2D eigenvalue weighted by molar-refractivity contribution is 0.414. The fraction of sp³-hybridized carbons (Fsp3) is 0.545. The summed E-state index contributed by atoms with van der Waals surface area (Å²) in [6, 6.07) is 8.29. The number of para-hydroxylation sites is 2. The fourth-order valence-corrected chi connectivity index (χ4v) is 4.55. The smallest absolute Gasteiger partial charge is 0.193 e. The van der Waals surface area contributed by atoms with Crippen LogP contribution in [-0.4, -0.2) is 67.5 Å². The maximum Gasteiger partial charge on any atom is 0.193 e. The van der Waals surface area contributed by atoms with Gasteiger partial charge >= 0.3 is 0 Å². The predicted molar refractivity (Wildman–Crippen MR) is 132 cm³/mol. The van der Waals surface area contributed by atoms with Crippen LogP contribution in [0.1, 0.15) is 24.3 Å². The maximum atomic E-state index is 5.54. The number of benzene rings is 1.